The summed E-state index contributed by atoms with van der Waals surface area (Å²) in [6, 6.07) is -0.00519. The lowest BCUT2D eigenvalue weighted by Gasteiger charge is -2.34. The number of amides is 1. The normalized spacial score (nSPS) is 19.5. The Kier molecular flexibility index (Phi) is 12.6. The first-order valence-corrected chi connectivity index (χ1v) is 11.4. The van der Waals surface area contributed by atoms with E-state index in [4.69, 9.17) is 0 Å². The van der Waals surface area contributed by atoms with E-state index in [1.807, 2.05) is 11.8 Å². The summed E-state index contributed by atoms with van der Waals surface area (Å²) in [6.07, 6.45) is 19.3. The fourth-order valence-electron chi connectivity index (χ4n) is 3.70. The van der Waals surface area contributed by atoms with Crippen LogP contribution in [0.2, 0.25) is 0 Å². The van der Waals surface area contributed by atoms with Crippen LogP contribution in [0.5, 0.6) is 0 Å². The molecule has 2 atom stereocenters. The SMILES string of the molecule is CC(C)=CCCC(C)=CCCC(C)C=CCC(C)=CC(=O)N1CCCCC1CO. The summed E-state index contributed by atoms with van der Waals surface area (Å²) in [4.78, 5) is 14.3. The predicted octanol–water partition coefficient (Wildman–Crippen LogP) is 6.36. The minimum atomic E-state index is -0.00519. The third-order valence-electron chi connectivity index (χ3n) is 5.60. The standard InChI is InChI=1S/C26H43NO2/c1-21(2)11-8-12-22(3)13-9-14-23(4)15-10-16-24(5)19-26(29)27-18-7-6-17-25(27)20-28/h10-11,13,15,19,23,25,28H,6-9,12,14,16-18,20H2,1-5H3. The number of rotatable bonds is 11. The molecule has 0 aliphatic carbocycles. The maximum Gasteiger partial charge on any atom is 0.246 e. The second-order valence-corrected chi connectivity index (χ2v) is 8.91. The van der Waals surface area contributed by atoms with Crippen molar-refractivity contribution in [1.29, 1.82) is 0 Å². The Morgan fingerprint density at radius 2 is 1.86 bits per heavy atom. The molecule has 0 aromatic carbocycles. The largest absolute Gasteiger partial charge is 0.394 e. The molecule has 1 fully saturated rings. The van der Waals surface area contributed by atoms with Crippen LogP contribution in [0, 0.1) is 5.92 Å². The van der Waals surface area contributed by atoms with Crippen molar-refractivity contribution in [2.75, 3.05) is 13.2 Å². The van der Waals surface area contributed by atoms with Crippen molar-refractivity contribution in [3.05, 3.63) is 47.1 Å². The van der Waals surface area contributed by atoms with Gasteiger partial charge in [-0.2, -0.15) is 0 Å². The highest BCUT2D eigenvalue weighted by molar-refractivity contribution is 5.88. The van der Waals surface area contributed by atoms with Crippen molar-refractivity contribution >= 4 is 5.91 Å². The molecule has 1 heterocycles. The predicted molar refractivity (Wildman–Crippen MR) is 125 cm³/mol. The van der Waals surface area contributed by atoms with Crippen LogP contribution in [0.3, 0.4) is 0 Å². The van der Waals surface area contributed by atoms with Crippen LogP contribution in [0.15, 0.2) is 47.1 Å². The van der Waals surface area contributed by atoms with Gasteiger partial charge in [-0.25, -0.2) is 0 Å². The number of nitrogens with zero attached hydrogens (tertiary/aromatic N) is 1. The fourth-order valence-corrected chi connectivity index (χ4v) is 3.70. The van der Waals surface area contributed by atoms with Gasteiger partial charge in [0.1, 0.15) is 0 Å². The number of hydrogen-bond acceptors (Lipinski definition) is 2. The van der Waals surface area contributed by atoms with E-state index >= 15 is 0 Å². The van der Waals surface area contributed by atoms with Crippen LogP contribution in [-0.2, 0) is 4.79 Å². The van der Waals surface area contributed by atoms with Gasteiger partial charge in [0, 0.05) is 12.6 Å². The first kappa shape index (κ1) is 25.4. The Bertz CT molecular complexity index is 608. The topological polar surface area (TPSA) is 40.5 Å². The van der Waals surface area contributed by atoms with Gasteiger partial charge in [-0.05, 0) is 85.0 Å². The third-order valence-corrected chi connectivity index (χ3v) is 5.60. The average molecular weight is 402 g/mol. The zero-order chi connectivity index (χ0) is 21.6. The molecule has 2 unspecified atom stereocenters. The fraction of sp³-hybridized carbons (Fsp3) is 0.654. The van der Waals surface area contributed by atoms with Crippen molar-refractivity contribution in [3.8, 4) is 0 Å². The van der Waals surface area contributed by atoms with Gasteiger partial charge in [-0.1, -0.05) is 47.9 Å². The van der Waals surface area contributed by atoms with Gasteiger partial charge in [0.05, 0.1) is 12.6 Å². The van der Waals surface area contributed by atoms with Crippen LogP contribution in [0.4, 0.5) is 0 Å². The molecule has 0 aromatic heterocycles. The van der Waals surface area contributed by atoms with Gasteiger partial charge < -0.3 is 10.0 Å². The molecule has 0 aromatic rings. The van der Waals surface area contributed by atoms with Gasteiger partial charge in [0.25, 0.3) is 0 Å². The molecule has 0 bridgehead atoms. The quantitative estimate of drug-likeness (QED) is 0.323. The van der Waals surface area contributed by atoms with E-state index in [9.17, 15) is 9.90 Å². The summed E-state index contributed by atoms with van der Waals surface area (Å²) in [5, 5.41) is 9.48. The zero-order valence-electron chi connectivity index (χ0n) is 19.4. The molecule has 0 saturated carbocycles. The molecule has 1 amide bonds. The van der Waals surface area contributed by atoms with Gasteiger partial charge in [0.15, 0.2) is 0 Å². The lowest BCUT2D eigenvalue weighted by atomic mass is 10.0. The van der Waals surface area contributed by atoms with Crippen LogP contribution in [0.1, 0.15) is 86.0 Å². The number of likely N-dealkylation sites (tertiary alicyclic amines) is 1. The first-order chi connectivity index (χ1) is 13.8. The van der Waals surface area contributed by atoms with Crippen LogP contribution >= 0.6 is 0 Å². The zero-order valence-corrected chi connectivity index (χ0v) is 19.4. The molecule has 0 spiro atoms. The summed E-state index contributed by atoms with van der Waals surface area (Å²) in [5.41, 5.74) is 3.96. The highest BCUT2D eigenvalue weighted by atomic mass is 16.3. The Hall–Kier alpha value is -1.61. The minimum Gasteiger partial charge on any atom is -0.394 e. The molecular formula is C26H43NO2. The third kappa shape index (κ3) is 11.2. The highest BCUT2D eigenvalue weighted by Crippen LogP contribution is 2.18. The van der Waals surface area contributed by atoms with Gasteiger partial charge in [-0.3, -0.25) is 4.79 Å². The molecule has 1 aliphatic heterocycles. The van der Waals surface area contributed by atoms with Gasteiger partial charge in [-0.15, -0.1) is 0 Å². The number of allylic oxidation sites excluding steroid dienone is 7. The maximum atomic E-state index is 12.5. The lowest BCUT2D eigenvalue weighted by molar-refractivity contribution is -0.130. The summed E-state index contributed by atoms with van der Waals surface area (Å²) < 4.78 is 0. The van der Waals surface area contributed by atoms with Crippen molar-refractivity contribution in [2.24, 2.45) is 5.92 Å². The molecular weight excluding hydrogens is 358 g/mol. The van der Waals surface area contributed by atoms with Crippen LogP contribution < -0.4 is 0 Å². The molecule has 1 aliphatic rings. The van der Waals surface area contributed by atoms with E-state index < -0.39 is 0 Å². The van der Waals surface area contributed by atoms with Crippen molar-refractivity contribution in [2.45, 2.75) is 92.0 Å². The van der Waals surface area contributed by atoms with E-state index in [1.165, 1.54) is 11.1 Å². The molecule has 1 N–H and O–H groups in total. The lowest BCUT2D eigenvalue weighted by Crippen LogP contribution is -2.45. The Labute approximate surface area is 179 Å². The summed E-state index contributed by atoms with van der Waals surface area (Å²) >= 11 is 0. The van der Waals surface area contributed by atoms with E-state index in [-0.39, 0.29) is 18.6 Å². The van der Waals surface area contributed by atoms with Crippen molar-refractivity contribution in [1.82, 2.24) is 4.90 Å². The summed E-state index contributed by atoms with van der Waals surface area (Å²) in [7, 11) is 0. The number of carbonyl (C=O) groups excluding carboxylic acids is 1. The van der Waals surface area contributed by atoms with E-state index in [0.29, 0.717) is 5.92 Å². The molecule has 3 nitrogen and oxygen atoms in total. The molecule has 1 rings (SSSR count). The summed E-state index contributed by atoms with van der Waals surface area (Å²) in [5.74, 6) is 0.595. The molecule has 164 valence electrons. The van der Waals surface area contributed by atoms with Crippen molar-refractivity contribution in [3.63, 3.8) is 0 Å². The molecule has 1 saturated heterocycles. The monoisotopic (exact) mass is 401 g/mol. The van der Waals surface area contributed by atoms with E-state index in [0.717, 1.165) is 63.5 Å². The summed E-state index contributed by atoms with van der Waals surface area (Å²) in [6.45, 7) is 11.6. The minimum absolute atomic E-state index is 0.00519. The van der Waals surface area contributed by atoms with Crippen LogP contribution in [0.25, 0.3) is 0 Å². The number of carbonyl (C=O) groups is 1. The number of piperidine rings is 1. The van der Waals surface area contributed by atoms with E-state index in [1.54, 1.807) is 6.08 Å². The highest BCUT2D eigenvalue weighted by Gasteiger charge is 2.24. The molecule has 29 heavy (non-hydrogen) atoms. The number of aliphatic hydroxyl groups excluding tert-OH is 1. The van der Waals surface area contributed by atoms with Gasteiger partial charge in [0.2, 0.25) is 5.91 Å². The Morgan fingerprint density at radius 3 is 2.55 bits per heavy atom. The second-order valence-electron chi connectivity index (χ2n) is 8.91. The molecule has 3 heteroatoms. The first-order valence-electron chi connectivity index (χ1n) is 11.4. The number of hydrogen-bond donors (Lipinski definition) is 1. The molecule has 0 radical (unpaired) electrons. The maximum absolute atomic E-state index is 12.5. The Morgan fingerprint density at radius 1 is 1.10 bits per heavy atom. The Balaban J connectivity index is 2.36. The van der Waals surface area contributed by atoms with Crippen LogP contribution in [-0.4, -0.2) is 35.1 Å². The number of aliphatic hydroxyl groups is 1. The van der Waals surface area contributed by atoms with E-state index in [2.05, 4.69) is 52.0 Å². The smallest absolute Gasteiger partial charge is 0.246 e. The van der Waals surface area contributed by atoms with Gasteiger partial charge >= 0.3 is 0 Å². The van der Waals surface area contributed by atoms with Crippen molar-refractivity contribution < 1.29 is 9.90 Å². The average Bonchev–Trinajstić information content (AvgIpc) is 2.67. The second kappa shape index (κ2) is 14.4.